The van der Waals surface area contributed by atoms with E-state index >= 15 is 0 Å². The van der Waals surface area contributed by atoms with Crippen LogP contribution >= 0.6 is 11.8 Å². The summed E-state index contributed by atoms with van der Waals surface area (Å²) in [7, 11) is 1.68. The first-order valence-electron chi connectivity index (χ1n) is 4.62. The highest BCUT2D eigenvalue weighted by Crippen LogP contribution is 2.38. The molecule has 0 atom stereocenters. The molecular formula is C8H14N4OS. The third-order valence-corrected chi connectivity index (χ3v) is 3.03. The largest absolute Gasteiger partial charge is 0.374 e. The minimum Gasteiger partial charge on any atom is -0.374 e. The highest BCUT2D eigenvalue weighted by molar-refractivity contribution is 7.99. The molecule has 0 amide bonds. The van der Waals surface area contributed by atoms with E-state index in [1.165, 1.54) is 12.8 Å². The van der Waals surface area contributed by atoms with Crippen molar-refractivity contribution in [2.24, 2.45) is 5.73 Å². The van der Waals surface area contributed by atoms with Crippen molar-refractivity contribution in [2.45, 2.75) is 30.6 Å². The van der Waals surface area contributed by atoms with E-state index in [-0.39, 0.29) is 0 Å². The second-order valence-corrected chi connectivity index (χ2v) is 4.14. The molecule has 0 unspecified atom stereocenters. The fraction of sp³-hybridized carbons (Fsp3) is 0.750. The summed E-state index contributed by atoms with van der Waals surface area (Å²) in [4.78, 5) is 0. The van der Waals surface area contributed by atoms with Crippen LogP contribution in [0.15, 0.2) is 5.16 Å². The van der Waals surface area contributed by atoms with Crippen molar-refractivity contribution in [3.05, 3.63) is 5.82 Å². The molecule has 0 saturated heterocycles. The van der Waals surface area contributed by atoms with Gasteiger partial charge in [0.2, 0.25) is 0 Å². The first kappa shape index (κ1) is 9.95. The molecule has 1 aliphatic rings. The molecule has 1 heterocycles. The molecule has 14 heavy (non-hydrogen) atoms. The van der Waals surface area contributed by atoms with Crippen molar-refractivity contribution in [1.82, 2.24) is 14.8 Å². The molecule has 5 nitrogen and oxygen atoms in total. The van der Waals surface area contributed by atoms with Crippen molar-refractivity contribution in [3.8, 4) is 0 Å². The third kappa shape index (κ3) is 1.92. The van der Waals surface area contributed by atoms with Gasteiger partial charge in [-0.25, -0.2) is 0 Å². The van der Waals surface area contributed by atoms with Crippen LogP contribution in [0.4, 0.5) is 0 Å². The molecule has 2 N–H and O–H groups in total. The maximum Gasteiger partial charge on any atom is 0.193 e. The van der Waals surface area contributed by atoms with Gasteiger partial charge in [-0.2, -0.15) is 0 Å². The fourth-order valence-electron chi connectivity index (χ4n) is 1.36. The summed E-state index contributed by atoms with van der Waals surface area (Å²) in [6.45, 7) is 0.455. The lowest BCUT2D eigenvalue weighted by atomic mass is 10.5. The SMILES string of the molecule is COCSc1nnc(CN)n1C1CC1. The van der Waals surface area contributed by atoms with Crippen LogP contribution in [0.1, 0.15) is 24.7 Å². The fourth-order valence-corrected chi connectivity index (χ4v) is 2.07. The van der Waals surface area contributed by atoms with Crippen LogP contribution in [0.3, 0.4) is 0 Å². The van der Waals surface area contributed by atoms with Crippen LogP contribution in [-0.2, 0) is 11.3 Å². The standard InChI is InChI=1S/C8H14N4OS/c1-13-5-14-8-11-10-7(4-9)12(8)6-2-3-6/h6H,2-5,9H2,1H3. The van der Waals surface area contributed by atoms with E-state index in [0.29, 0.717) is 18.5 Å². The molecule has 0 spiro atoms. The monoisotopic (exact) mass is 214 g/mol. The van der Waals surface area contributed by atoms with Crippen LogP contribution in [0.25, 0.3) is 0 Å². The average molecular weight is 214 g/mol. The Morgan fingerprint density at radius 3 is 2.93 bits per heavy atom. The Morgan fingerprint density at radius 1 is 1.57 bits per heavy atom. The highest BCUT2D eigenvalue weighted by Gasteiger charge is 2.28. The topological polar surface area (TPSA) is 66.0 Å². The number of nitrogens with two attached hydrogens (primary N) is 1. The first-order chi connectivity index (χ1) is 6.86. The molecule has 0 bridgehead atoms. The van der Waals surface area contributed by atoms with Crippen LogP contribution in [-0.4, -0.2) is 27.8 Å². The summed E-state index contributed by atoms with van der Waals surface area (Å²) in [5, 5.41) is 9.09. The number of ether oxygens (including phenoxy) is 1. The number of hydrogen-bond donors (Lipinski definition) is 1. The van der Waals surface area contributed by atoms with Crippen LogP contribution in [0, 0.1) is 0 Å². The Bertz CT molecular complexity index is 310. The van der Waals surface area contributed by atoms with E-state index in [1.807, 2.05) is 0 Å². The minimum absolute atomic E-state index is 0.455. The maximum absolute atomic E-state index is 5.59. The molecule has 0 aromatic carbocycles. The van der Waals surface area contributed by atoms with Crippen LogP contribution in [0.2, 0.25) is 0 Å². The van der Waals surface area contributed by atoms with Gasteiger partial charge in [0.25, 0.3) is 0 Å². The van der Waals surface area contributed by atoms with Crippen LogP contribution < -0.4 is 5.73 Å². The molecule has 1 aliphatic carbocycles. The van der Waals surface area contributed by atoms with Crippen LogP contribution in [0.5, 0.6) is 0 Å². The summed E-state index contributed by atoms with van der Waals surface area (Å²) in [5.74, 6) is 1.49. The van der Waals surface area contributed by atoms with Gasteiger partial charge in [-0.1, -0.05) is 11.8 Å². The zero-order chi connectivity index (χ0) is 9.97. The van der Waals surface area contributed by atoms with Gasteiger partial charge < -0.3 is 15.0 Å². The number of nitrogens with zero attached hydrogens (tertiary/aromatic N) is 3. The van der Waals surface area contributed by atoms with Gasteiger partial charge in [0.15, 0.2) is 5.16 Å². The lowest BCUT2D eigenvalue weighted by molar-refractivity contribution is 0.258. The summed E-state index contributed by atoms with van der Waals surface area (Å²) in [6, 6.07) is 0.572. The van der Waals surface area contributed by atoms with E-state index < -0.39 is 0 Å². The number of methoxy groups -OCH3 is 1. The number of hydrogen-bond acceptors (Lipinski definition) is 5. The zero-order valence-corrected chi connectivity index (χ0v) is 8.96. The molecule has 0 aliphatic heterocycles. The zero-order valence-electron chi connectivity index (χ0n) is 8.14. The average Bonchev–Trinajstić information content (AvgIpc) is 2.96. The summed E-state index contributed by atoms with van der Waals surface area (Å²) in [6.07, 6.45) is 2.43. The highest BCUT2D eigenvalue weighted by atomic mass is 32.2. The third-order valence-electron chi connectivity index (χ3n) is 2.14. The van der Waals surface area contributed by atoms with Gasteiger partial charge in [0.05, 0.1) is 12.5 Å². The lowest BCUT2D eigenvalue weighted by Crippen LogP contribution is -2.08. The molecule has 6 heteroatoms. The molecule has 1 aromatic heterocycles. The second kappa shape index (κ2) is 4.29. The molecule has 2 rings (SSSR count). The first-order valence-corrected chi connectivity index (χ1v) is 5.61. The molecule has 0 radical (unpaired) electrons. The predicted octanol–water partition coefficient (Wildman–Crippen LogP) is 0.768. The molecule has 1 aromatic rings. The van der Waals surface area contributed by atoms with Gasteiger partial charge in [-0.3, -0.25) is 0 Å². The van der Waals surface area contributed by atoms with E-state index in [1.54, 1.807) is 18.9 Å². The maximum atomic E-state index is 5.59. The van der Waals surface area contributed by atoms with Gasteiger partial charge in [0.1, 0.15) is 5.82 Å². The van der Waals surface area contributed by atoms with E-state index in [4.69, 9.17) is 10.5 Å². The van der Waals surface area contributed by atoms with Crippen molar-refractivity contribution in [1.29, 1.82) is 0 Å². The Balaban J connectivity index is 2.16. The summed E-state index contributed by atoms with van der Waals surface area (Å²) >= 11 is 1.56. The van der Waals surface area contributed by atoms with Gasteiger partial charge in [0, 0.05) is 13.2 Å². The van der Waals surface area contributed by atoms with Crippen molar-refractivity contribution in [2.75, 3.05) is 13.0 Å². The van der Waals surface area contributed by atoms with Gasteiger partial charge in [-0.05, 0) is 12.8 Å². The Morgan fingerprint density at radius 2 is 2.36 bits per heavy atom. The molecule has 1 fully saturated rings. The number of rotatable bonds is 5. The Kier molecular flexibility index (Phi) is 3.05. The van der Waals surface area contributed by atoms with Crippen molar-refractivity contribution >= 4 is 11.8 Å². The van der Waals surface area contributed by atoms with E-state index in [9.17, 15) is 0 Å². The summed E-state index contributed by atoms with van der Waals surface area (Å²) in [5.41, 5.74) is 5.59. The Labute approximate surface area is 87.0 Å². The van der Waals surface area contributed by atoms with E-state index in [2.05, 4.69) is 14.8 Å². The van der Waals surface area contributed by atoms with Gasteiger partial charge >= 0.3 is 0 Å². The predicted molar refractivity (Wildman–Crippen MR) is 53.9 cm³/mol. The quantitative estimate of drug-likeness (QED) is 0.579. The smallest absolute Gasteiger partial charge is 0.193 e. The minimum atomic E-state index is 0.455. The lowest BCUT2D eigenvalue weighted by Gasteiger charge is -2.06. The van der Waals surface area contributed by atoms with E-state index in [0.717, 1.165) is 11.0 Å². The Hall–Kier alpha value is -0.590. The van der Waals surface area contributed by atoms with Crippen molar-refractivity contribution in [3.63, 3.8) is 0 Å². The molecular weight excluding hydrogens is 200 g/mol. The summed E-state index contributed by atoms with van der Waals surface area (Å²) < 4.78 is 7.14. The normalized spacial score (nSPS) is 16.1. The van der Waals surface area contributed by atoms with Gasteiger partial charge in [-0.15, -0.1) is 10.2 Å². The number of thioether (sulfide) groups is 1. The van der Waals surface area contributed by atoms with Crippen molar-refractivity contribution < 1.29 is 4.74 Å². The second-order valence-electron chi connectivity index (χ2n) is 3.25. The molecule has 78 valence electrons. The molecule has 1 saturated carbocycles. The number of aromatic nitrogens is 3.